The molecule has 1 aliphatic heterocycles. The summed E-state index contributed by atoms with van der Waals surface area (Å²) in [5, 5.41) is 3.41. The van der Waals surface area contributed by atoms with Crippen LogP contribution in [0.2, 0.25) is 0 Å². The van der Waals surface area contributed by atoms with Crippen LogP contribution in [0.15, 0.2) is 18.2 Å². The lowest BCUT2D eigenvalue weighted by atomic mass is 10.3. The second-order valence-corrected chi connectivity index (χ2v) is 4.75. The molecule has 5 nitrogen and oxygen atoms in total. The minimum atomic E-state index is 0.350. The third-order valence-electron chi connectivity index (χ3n) is 3.05. The molecule has 2 rings (SSSR count). The van der Waals surface area contributed by atoms with Crippen molar-refractivity contribution < 1.29 is 9.47 Å². The number of aromatic nitrogens is 1. The van der Waals surface area contributed by atoms with Gasteiger partial charge in [0.2, 0.25) is 5.88 Å². The van der Waals surface area contributed by atoms with Crippen molar-refractivity contribution in [2.75, 3.05) is 44.8 Å². The minimum absolute atomic E-state index is 0.350. The molecule has 0 aliphatic carbocycles. The number of nitrogens with zero attached hydrogens (tertiary/aromatic N) is 2. The normalized spacial score (nSPS) is 18.0. The lowest BCUT2D eigenvalue weighted by molar-refractivity contribution is 0.0368. The highest BCUT2D eigenvalue weighted by Crippen LogP contribution is 2.12. The fraction of sp³-hybridized carbons (Fsp3) is 0.643. The van der Waals surface area contributed by atoms with Gasteiger partial charge in [-0.25, -0.2) is 0 Å². The van der Waals surface area contributed by atoms with Crippen LogP contribution >= 0.6 is 0 Å². The van der Waals surface area contributed by atoms with Crippen LogP contribution in [0.4, 0.5) is 5.82 Å². The number of pyridine rings is 1. The molecule has 0 bridgehead atoms. The summed E-state index contributed by atoms with van der Waals surface area (Å²) in [6, 6.07) is 6.16. The minimum Gasteiger partial charge on any atom is -0.478 e. The average Bonchev–Trinajstić information content (AvgIpc) is 2.40. The standard InChI is InChI=1S/C14H23N3O2/c1-3-19-14-6-4-5-13(16-14)15-12(2)11-17-7-9-18-10-8-17/h4-6,12H,3,7-11H2,1-2H3,(H,15,16). The molecule has 0 aromatic carbocycles. The van der Waals surface area contributed by atoms with Crippen molar-refractivity contribution in [1.29, 1.82) is 0 Å². The van der Waals surface area contributed by atoms with Crippen LogP contribution in [0.3, 0.4) is 0 Å². The number of nitrogens with one attached hydrogen (secondary N) is 1. The molecule has 1 aliphatic rings. The zero-order chi connectivity index (χ0) is 13.5. The van der Waals surface area contributed by atoms with E-state index in [4.69, 9.17) is 9.47 Å². The molecule has 0 spiro atoms. The Morgan fingerprint density at radius 2 is 2.21 bits per heavy atom. The second kappa shape index (κ2) is 7.31. The van der Waals surface area contributed by atoms with Crippen molar-refractivity contribution in [2.45, 2.75) is 19.9 Å². The molecule has 1 unspecified atom stereocenters. The Labute approximate surface area is 114 Å². The largest absolute Gasteiger partial charge is 0.478 e. The zero-order valence-corrected chi connectivity index (χ0v) is 11.8. The van der Waals surface area contributed by atoms with Gasteiger partial charge in [0.05, 0.1) is 19.8 Å². The van der Waals surface area contributed by atoms with Crippen molar-refractivity contribution >= 4 is 5.82 Å². The molecule has 0 saturated carbocycles. The third-order valence-corrected chi connectivity index (χ3v) is 3.05. The maximum atomic E-state index is 5.40. The number of anilines is 1. The molecule has 1 atom stereocenters. The van der Waals surface area contributed by atoms with Crippen LogP contribution < -0.4 is 10.1 Å². The predicted molar refractivity (Wildman–Crippen MR) is 75.7 cm³/mol. The van der Waals surface area contributed by atoms with E-state index in [1.165, 1.54) is 0 Å². The van der Waals surface area contributed by atoms with Crippen LogP contribution in [0.5, 0.6) is 5.88 Å². The van der Waals surface area contributed by atoms with Crippen LogP contribution in [0, 0.1) is 0 Å². The summed E-state index contributed by atoms with van der Waals surface area (Å²) in [5.74, 6) is 1.54. The topological polar surface area (TPSA) is 46.6 Å². The number of ether oxygens (including phenoxy) is 2. The van der Waals surface area contributed by atoms with Crippen LogP contribution in [-0.4, -0.2) is 55.4 Å². The summed E-state index contributed by atoms with van der Waals surface area (Å²) >= 11 is 0. The van der Waals surface area contributed by atoms with Crippen molar-refractivity contribution in [3.05, 3.63) is 18.2 Å². The summed E-state index contributed by atoms with van der Waals surface area (Å²) in [4.78, 5) is 6.83. The van der Waals surface area contributed by atoms with Gasteiger partial charge in [0.25, 0.3) is 0 Å². The Hall–Kier alpha value is -1.33. The molecule has 1 aromatic rings. The van der Waals surface area contributed by atoms with Crippen LogP contribution in [-0.2, 0) is 4.74 Å². The summed E-state index contributed by atoms with van der Waals surface area (Å²) in [7, 11) is 0. The number of rotatable bonds is 6. The first-order valence-electron chi connectivity index (χ1n) is 6.94. The number of hydrogen-bond acceptors (Lipinski definition) is 5. The van der Waals surface area contributed by atoms with Crippen molar-refractivity contribution in [3.8, 4) is 5.88 Å². The summed E-state index contributed by atoms with van der Waals surface area (Å²) in [5.41, 5.74) is 0. The molecule has 1 fully saturated rings. The Bertz CT molecular complexity index is 381. The van der Waals surface area contributed by atoms with Gasteiger partial charge in [0, 0.05) is 31.7 Å². The van der Waals surface area contributed by atoms with E-state index in [0.717, 1.165) is 38.7 Å². The van der Waals surface area contributed by atoms with Gasteiger partial charge >= 0.3 is 0 Å². The maximum Gasteiger partial charge on any atom is 0.215 e. The van der Waals surface area contributed by atoms with Gasteiger partial charge in [0.1, 0.15) is 5.82 Å². The molecule has 5 heteroatoms. The highest BCUT2D eigenvalue weighted by atomic mass is 16.5. The average molecular weight is 265 g/mol. The fourth-order valence-electron chi connectivity index (χ4n) is 2.19. The van der Waals surface area contributed by atoms with E-state index in [0.29, 0.717) is 18.5 Å². The van der Waals surface area contributed by atoms with E-state index >= 15 is 0 Å². The summed E-state index contributed by atoms with van der Waals surface area (Å²) in [6.45, 7) is 9.48. The molecule has 0 amide bonds. The van der Waals surface area contributed by atoms with Gasteiger partial charge in [0.15, 0.2) is 0 Å². The monoisotopic (exact) mass is 265 g/mol. The first-order chi connectivity index (χ1) is 9.28. The van der Waals surface area contributed by atoms with Crippen LogP contribution in [0.1, 0.15) is 13.8 Å². The fourth-order valence-corrected chi connectivity index (χ4v) is 2.19. The predicted octanol–water partition coefficient (Wildman–Crippen LogP) is 1.61. The van der Waals surface area contributed by atoms with Gasteiger partial charge in [-0.1, -0.05) is 6.07 Å². The van der Waals surface area contributed by atoms with Gasteiger partial charge in [-0.2, -0.15) is 4.98 Å². The Balaban J connectivity index is 1.83. The first-order valence-corrected chi connectivity index (χ1v) is 6.94. The molecule has 1 N–H and O–H groups in total. The highest BCUT2D eigenvalue weighted by molar-refractivity contribution is 5.38. The van der Waals surface area contributed by atoms with Crippen LogP contribution in [0.25, 0.3) is 0 Å². The molecular weight excluding hydrogens is 242 g/mol. The quantitative estimate of drug-likeness (QED) is 0.847. The van der Waals surface area contributed by atoms with E-state index in [1.807, 2.05) is 25.1 Å². The lowest BCUT2D eigenvalue weighted by Gasteiger charge is -2.29. The van der Waals surface area contributed by atoms with Gasteiger partial charge in [-0.05, 0) is 19.9 Å². The Morgan fingerprint density at radius 1 is 1.42 bits per heavy atom. The molecule has 1 saturated heterocycles. The molecular formula is C14H23N3O2. The van der Waals surface area contributed by atoms with Crippen molar-refractivity contribution in [3.63, 3.8) is 0 Å². The highest BCUT2D eigenvalue weighted by Gasteiger charge is 2.13. The summed E-state index contributed by atoms with van der Waals surface area (Å²) < 4.78 is 10.8. The maximum absolute atomic E-state index is 5.40. The van der Waals surface area contributed by atoms with Gasteiger partial charge < -0.3 is 14.8 Å². The molecule has 19 heavy (non-hydrogen) atoms. The van der Waals surface area contributed by atoms with E-state index in [1.54, 1.807) is 0 Å². The SMILES string of the molecule is CCOc1cccc(NC(C)CN2CCOCC2)n1. The first kappa shape index (κ1) is 14.1. The summed E-state index contributed by atoms with van der Waals surface area (Å²) in [6.07, 6.45) is 0. The lowest BCUT2D eigenvalue weighted by Crippen LogP contribution is -2.42. The van der Waals surface area contributed by atoms with E-state index in [2.05, 4.69) is 22.1 Å². The molecule has 2 heterocycles. The van der Waals surface area contributed by atoms with Gasteiger partial charge in [-0.15, -0.1) is 0 Å². The Kier molecular flexibility index (Phi) is 5.42. The Morgan fingerprint density at radius 3 is 2.95 bits per heavy atom. The van der Waals surface area contributed by atoms with E-state index < -0.39 is 0 Å². The zero-order valence-electron chi connectivity index (χ0n) is 11.8. The number of morpholine rings is 1. The van der Waals surface area contributed by atoms with E-state index in [-0.39, 0.29) is 0 Å². The van der Waals surface area contributed by atoms with E-state index in [9.17, 15) is 0 Å². The second-order valence-electron chi connectivity index (χ2n) is 4.75. The molecule has 1 aromatic heterocycles. The molecule has 0 radical (unpaired) electrons. The van der Waals surface area contributed by atoms with Crippen molar-refractivity contribution in [1.82, 2.24) is 9.88 Å². The van der Waals surface area contributed by atoms with Gasteiger partial charge in [-0.3, -0.25) is 4.90 Å². The smallest absolute Gasteiger partial charge is 0.215 e. The van der Waals surface area contributed by atoms with Crippen molar-refractivity contribution in [2.24, 2.45) is 0 Å². The number of hydrogen-bond donors (Lipinski definition) is 1. The molecule has 106 valence electrons. The third kappa shape index (κ3) is 4.69.